The fourth-order valence-corrected chi connectivity index (χ4v) is 4.01. The van der Waals surface area contributed by atoms with Crippen LogP contribution in [0.5, 0.6) is 11.8 Å². The highest BCUT2D eigenvalue weighted by Crippen LogP contribution is 2.40. The lowest BCUT2D eigenvalue weighted by Crippen LogP contribution is -2.37. The van der Waals surface area contributed by atoms with Gasteiger partial charge >= 0.3 is 0 Å². The van der Waals surface area contributed by atoms with Crippen LogP contribution in [0.1, 0.15) is 59.3 Å². The Bertz CT molecular complexity index is 897. The zero-order chi connectivity index (χ0) is 21.3. The summed E-state index contributed by atoms with van der Waals surface area (Å²) >= 11 is 0. The number of fused-ring (bicyclic) bond motifs is 1. The molecule has 1 amide bonds. The normalized spacial score (nSPS) is 23.7. The van der Waals surface area contributed by atoms with E-state index in [9.17, 15) is 4.79 Å². The number of aryl methyl sites for hydroxylation is 1. The summed E-state index contributed by atoms with van der Waals surface area (Å²) in [5.41, 5.74) is 1.95. The molecule has 4 rings (SSSR count). The average Bonchev–Trinajstić information content (AvgIpc) is 3.35. The maximum absolute atomic E-state index is 11.1. The van der Waals surface area contributed by atoms with E-state index in [-0.39, 0.29) is 29.8 Å². The van der Waals surface area contributed by atoms with E-state index < -0.39 is 0 Å². The molecule has 30 heavy (non-hydrogen) atoms. The van der Waals surface area contributed by atoms with Crippen LogP contribution in [0.3, 0.4) is 0 Å². The molecular formula is C23H33N3O4. The van der Waals surface area contributed by atoms with Crippen molar-refractivity contribution in [1.29, 1.82) is 0 Å². The first-order valence-corrected chi connectivity index (χ1v) is 11.0. The molecule has 0 aliphatic heterocycles. The summed E-state index contributed by atoms with van der Waals surface area (Å²) < 4.78 is 20.3. The van der Waals surface area contributed by atoms with E-state index in [0.717, 1.165) is 55.3 Å². The number of imidazole rings is 1. The van der Waals surface area contributed by atoms with Gasteiger partial charge < -0.3 is 19.5 Å². The lowest BCUT2D eigenvalue weighted by atomic mass is 9.95. The van der Waals surface area contributed by atoms with E-state index in [1.54, 1.807) is 0 Å². The molecule has 1 aromatic heterocycles. The molecule has 0 saturated heterocycles. The van der Waals surface area contributed by atoms with Gasteiger partial charge in [0, 0.05) is 26.1 Å². The zero-order valence-corrected chi connectivity index (χ0v) is 18.4. The smallest absolute Gasteiger partial charge is 0.297 e. The van der Waals surface area contributed by atoms with Crippen LogP contribution < -0.4 is 14.8 Å². The van der Waals surface area contributed by atoms with Crippen molar-refractivity contribution in [2.45, 2.75) is 83.1 Å². The largest absolute Gasteiger partial charge is 0.487 e. The van der Waals surface area contributed by atoms with Gasteiger partial charge in [-0.2, -0.15) is 4.98 Å². The van der Waals surface area contributed by atoms with E-state index in [1.807, 2.05) is 30.7 Å². The van der Waals surface area contributed by atoms with Gasteiger partial charge in [0.1, 0.15) is 17.5 Å². The van der Waals surface area contributed by atoms with Crippen molar-refractivity contribution in [1.82, 2.24) is 14.9 Å². The van der Waals surface area contributed by atoms with Gasteiger partial charge in [-0.1, -0.05) is 0 Å². The Morgan fingerprint density at radius 1 is 1.27 bits per heavy atom. The van der Waals surface area contributed by atoms with Crippen molar-refractivity contribution in [2.75, 3.05) is 6.61 Å². The van der Waals surface area contributed by atoms with Gasteiger partial charge in [0.05, 0.1) is 23.7 Å². The predicted octanol–water partition coefficient (Wildman–Crippen LogP) is 3.74. The van der Waals surface area contributed by atoms with Gasteiger partial charge in [-0.05, 0) is 64.5 Å². The summed E-state index contributed by atoms with van der Waals surface area (Å²) in [5, 5.41) is 2.85. The number of hydrogen-bond acceptors (Lipinski definition) is 5. The zero-order valence-electron chi connectivity index (χ0n) is 18.4. The van der Waals surface area contributed by atoms with Crippen LogP contribution in [0.25, 0.3) is 11.0 Å². The number of aromatic nitrogens is 2. The van der Waals surface area contributed by atoms with Crippen LogP contribution in [-0.4, -0.2) is 45.9 Å². The fourth-order valence-electron chi connectivity index (χ4n) is 4.01. The summed E-state index contributed by atoms with van der Waals surface area (Å²) in [4.78, 5) is 15.8. The minimum atomic E-state index is -0.0221. The molecule has 7 nitrogen and oxygen atoms in total. The molecule has 7 heteroatoms. The van der Waals surface area contributed by atoms with Gasteiger partial charge in [-0.15, -0.1) is 0 Å². The summed E-state index contributed by atoms with van der Waals surface area (Å²) in [6.45, 7) is 6.18. The molecule has 2 saturated carbocycles. The first kappa shape index (κ1) is 21.0. The van der Waals surface area contributed by atoms with Crippen LogP contribution in [0.4, 0.5) is 0 Å². The molecule has 0 spiro atoms. The number of benzene rings is 1. The second-order valence-electron chi connectivity index (χ2n) is 9.11. The highest BCUT2D eigenvalue weighted by atomic mass is 16.5. The number of hydrogen-bond donors (Lipinski definition) is 1. The highest BCUT2D eigenvalue weighted by Gasteiger charge is 2.40. The minimum absolute atomic E-state index is 0.00618. The van der Waals surface area contributed by atoms with E-state index in [1.165, 1.54) is 6.92 Å². The molecule has 164 valence electrons. The van der Waals surface area contributed by atoms with Crippen molar-refractivity contribution in [2.24, 2.45) is 7.05 Å². The van der Waals surface area contributed by atoms with Crippen molar-refractivity contribution in [3.05, 3.63) is 18.2 Å². The van der Waals surface area contributed by atoms with Gasteiger partial charge in [-0.25, -0.2) is 0 Å². The number of ether oxygens (including phenoxy) is 3. The number of amides is 1. The van der Waals surface area contributed by atoms with E-state index in [0.29, 0.717) is 12.6 Å². The fraction of sp³-hybridized carbons (Fsp3) is 0.652. The third-order valence-corrected chi connectivity index (χ3v) is 6.05. The van der Waals surface area contributed by atoms with Gasteiger partial charge in [0.25, 0.3) is 6.01 Å². The van der Waals surface area contributed by atoms with E-state index in [4.69, 9.17) is 14.2 Å². The lowest BCUT2D eigenvalue weighted by molar-refractivity contribution is -0.120. The second kappa shape index (κ2) is 8.46. The molecule has 0 bridgehead atoms. The van der Waals surface area contributed by atoms with Crippen LogP contribution in [0, 0.1) is 0 Å². The summed E-state index contributed by atoms with van der Waals surface area (Å²) in [5.74, 6) is 0.870. The van der Waals surface area contributed by atoms with Crippen LogP contribution >= 0.6 is 0 Å². The van der Waals surface area contributed by atoms with E-state index >= 15 is 0 Å². The molecule has 2 aliphatic rings. The summed E-state index contributed by atoms with van der Waals surface area (Å²) in [7, 11) is 1.99. The first-order valence-electron chi connectivity index (χ1n) is 11.0. The maximum atomic E-state index is 11.1. The molecule has 1 heterocycles. The Kier molecular flexibility index (Phi) is 5.91. The third-order valence-electron chi connectivity index (χ3n) is 6.05. The Labute approximate surface area is 178 Å². The van der Waals surface area contributed by atoms with Crippen molar-refractivity contribution >= 4 is 16.9 Å². The number of rotatable bonds is 8. The monoisotopic (exact) mass is 415 g/mol. The topological polar surface area (TPSA) is 74.6 Å². The molecule has 1 aromatic carbocycles. The quantitative estimate of drug-likeness (QED) is 0.711. The number of nitrogens with one attached hydrogen (secondary N) is 1. The Morgan fingerprint density at radius 2 is 1.97 bits per heavy atom. The number of carbonyl (C=O) groups excluding carboxylic acids is 1. The van der Waals surface area contributed by atoms with Crippen LogP contribution in [0.15, 0.2) is 18.2 Å². The van der Waals surface area contributed by atoms with Crippen molar-refractivity contribution < 1.29 is 19.0 Å². The van der Waals surface area contributed by atoms with E-state index in [2.05, 4.69) is 23.3 Å². The Morgan fingerprint density at radius 3 is 2.63 bits per heavy atom. The molecule has 2 aliphatic carbocycles. The molecule has 2 fully saturated rings. The molecule has 1 atom stereocenters. The first-order chi connectivity index (χ1) is 14.3. The van der Waals surface area contributed by atoms with Crippen molar-refractivity contribution in [3.63, 3.8) is 0 Å². The SMILES string of the molecule is CC(=O)N[C@@H](C)COC1CCC(Oc2nc3ccc(OC4(C)CC4)cc3n2C)CC1. The Hall–Kier alpha value is -2.28. The Balaban J connectivity index is 1.30. The molecule has 2 aromatic rings. The minimum Gasteiger partial charge on any atom is -0.487 e. The number of carbonyl (C=O) groups is 1. The average molecular weight is 416 g/mol. The standard InChI is InChI=1S/C23H33N3O4/c1-15(24-16(2)27)14-28-17-5-7-18(8-6-17)29-22-25-20-10-9-19(13-21(20)26(22)4)30-23(3)11-12-23/h9-10,13,15,17-18H,5-8,11-12,14H2,1-4H3,(H,24,27)/t15-,17?,18?/m0/s1. The molecule has 0 radical (unpaired) electrons. The number of nitrogens with zero attached hydrogens (tertiary/aromatic N) is 2. The van der Waals surface area contributed by atoms with Gasteiger partial charge in [-0.3, -0.25) is 9.36 Å². The third kappa shape index (κ3) is 5.06. The lowest BCUT2D eigenvalue weighted by Gasteiger charge is -2.29. The molecular weight excluding hydrogens is 382 g/mol. The predicted molar refractivity (Wildman–Crippen MR) is 115 cm³/mol. The maximum Gasteiger partial charge on any atom is 0.297 e. The summed E-state index contributed by atoms with van der Waals surface area (Å²) in [6.07, 6.45) is 6.39. The van der Waals surface area contributed by atoms with Crippen LogP contribution in [0.2, 0.25) is 0 Å². The summed E-state index contributed by atoms with van der Waals surface area (Å²) in [6, 6.07) is 6.74. The van der Waals surface area contributed by atoms with Gasteiger partial charge in [0.2, 0.25) is 5.91 Å². The second-order valence-corrected chi connectivity index (χ2v) is 9.11. The highest BCUT2D eigenvalue weighted by molar-refractivity contribution is 5.78. The van der Waals surface area contributed by atoms with Crippen molar-refractivity contribution in [3.8, 4) is 11.8 Å². The van der Waals surface area contributed by atoms with Crippen LogP contribution in [-0.2, 0) is 16.6 Å². The molecule has 0 unspecified atom stereocenters. The van der Waals surface area contributed by atoms with Gasteiger partial charge in [0.15, 0.2) is 0 Å². The molecule has 1 N–H and O–H groups in total.